The van der Waals surface area contributed by atoms with Gasteiger partial charge < -0.3 is 20.5 Å². The Kier molecular flexibility index (Phi) is 10.4. The summed E-state index contributed by atoms with van der Waals surface area (Å²) in [6.45, 7) is 9.91. The Hall–Kier alpha value is -1.84. The summed E-state index contributed by atoms with van der Waals surface area (Å²) in [7, 11) is 0. The molecular formula is C23H33IN4O2. The van der Waals surface area contributed by atoms with E-state index < -0.39 is 0 Å². The summed E-state index contributed by atoms with van der Waals surface area (Å²) in [5.74, 6) is 1.73. The van der Waals surface area contributed by atoms with Crippen LogP contribution in [-0.4, -0.2) is 50.3 Å². The lowest BCUT2D eigenvalue weighted by Gasteiger charge is -2.26. The number of hydrogen-bond donors (Lipinski definition) is 2. The standard InChI is InChI=1S/C23H32N4O2.HI/c1-18(2)19-7-5-8-21(16-19)26-23(24)25-17-20-6-3-4-9-22(20)29-15-12-27-10-13-28-14-11-27;/h3-9,16,18H,10-15,17H2,1-2H3,(H3,24,25,26);1H. The summed E-state index contributed by atoms with van der Waals surface area (Å²) in [6, 6.07) is 16.2. The van der Waals surface area contributed by atoms with Gasteiger partial charge in [0.1, 0.15) is 12.4 Å². The zero-order chi connectivity index (χ0) is 20.5. The molecule has 3 rings (SSSR count). The molecule has 30 heavy (non-hydrogen) atoms. The van der Waals surface area contributed by atoms with Crippen molar-refractivity contribution < 1.29 is 9.47 Å². The van der Waals surface area contributed by atoms with E-state index in [-0.39, 0.29) is 24.0 Å². The first kappa shape index (κ1) is 24.4. The number of ether oxygens (including phenoxy) is 2. The Balaban J connectivity index is 0.00000320. The molecule has 1 aliphatic rings. The smallest absolute Gasteiger partial charge is 0.193 e. The fourth-order valence-corrected chi connectivity index (χ4v) is 3.22. The molecule has 0 aliphatic carbocycles. The van der Waals surface area contributed by atoms with Gasteiger partial charge in [-0.15, -0.1) is 24.0 Å². The first-order valence-corrected chi connectivity index (χ1v) is 10.3. The molecule has 2 aromatic carbocycles. The van der Waals surface area contributed by atoms with E-state index in [2.05, 4.69) is 41.2 Å². The zero-order valence-electron chi connectivity index (χ0n) is 17.8. The molecule has 1 aliphatic heterocycles. The summed E-state index contributed by atoms with van der Waals surface area (Å²) >= 11 is 0. The van der Waals surface area contributed by atoms with Gasteiger partial charge >= 0.3 is 0 Å². The Bertz CT molecular complexity index is 807. The highest BCUT2D eigenvalue weighted by molar-refractivity contribution is 14.0. The molecule has 0 bridgehead atoms. The molecule has 0 atom stereocenters. The van der Waals surface area contributed by atoms with Crippen molar-refractivity contribution in [1.29, 1.82) is 0 Å². The first-order chi connectivity index (χ1) is 14.1. The molecule has 2 aromatic rings. The second kappa shape index (κ2) is 12.8. The number of guanidine groups is 1. The molecule has 0 amide bonds. The van der Waals surface area contributed by atoms with Crippen molar-refractivity contribution in [3.05, 3.63) is 59.7 Å². The molecule has 0 saturated carbocycles. The molecule has 0 radical (unpaired) electrons. The topological polar surface area (TPSA) is 72.1 Å². The lowest BCUT2D eigenvalue weighted by atomic mass is 10.0. The number of anilines is 1. The van der Waals surface area contributed by atoms with Crippen LogP contribution in [-0.2, 0) is 11.3 Å². The van der Waals surface area contributed by atoms with Crippen molar-refractivity contribution in [2.75, 3.05) is 44.8 Å². The molecule has 164 valence electrons. The average Bonchev–Trinajstić information content (AvgIpc) is 2.74. The molecule has 0 unspecified atom stereocenters. The Morgan fingerprint density at radius 2 is 1.93 bits per heavy atom. The highest BCUT2D eigenvalue weighted by Crippen LogP contribution is 2.20. The molecule has 7 heteroatoms. The third-order valence-electron chi connectivity index (χ3n) is 4.99. The van der Waals surface area contributed by atoms with Gasteiger partial charge in [0.25, 0.3) is 0 Å². The lowest BCUT2D eigenvalue weighted by Crippen LogP contribution is -2.38. The Morgan fingerprint density at radius 3 is 2.70 bits per heavy atom. The number of morpholine rings is 1. The Morgan fingerprint density at radius 1 is 1.17 bits per heavy atom. The van der Waals surface area contributed by atoms with Crippen LogP contribution in [0.2, 0.25) is 0 Å². The number of aliphatic imine (C=N–C) groups is 1. The van der Waals surface area contributed by atoms with E-state index in [0.717, 1.165) is 49.8 Å². The van der Waals surface area contributed by atoms with Crippen LogP contribution in [0.1, 0.15) is 30.9 Å². The number of halogens is 1. The van der Waals surface area contributed by atoms with Crippen LogP contribution in [0, 0.1) is 0 Å². The summed E-state index contributed by atoms with van der Waals surface area (Å²) in [5, 5.41) is 3.18. The summed E-state index contributed by atoms with van der Waals surface area (Å²) in [4.78, 5) is 6.86. The predicted octanol–water partition coefficient (Wildman–Crippen LogP) is 4.07. The number of benzene rings is 2. The van der Waals surface area contributed by atoms with Crippen LogP contribution < -0.4 is 15.8 Å². The minimum atomic E-state index is 0. The highest BCUT2D eigenvalue weighted by atomic mass is 127. The number of rotatable bonds is 8. The van der Waals surface area contributed by atoms with Gasteiger partial charge in [-0.3, -0.25) is 4.90 Å². The van der Waals surface area contributed by atoms with E-state index in [1.54, 1.807) is 0 Å². The fourth-order valence-electron chi connectivity index (χ4n) is 3.22. The van der Waals surface area contributed by atoms with Crippen molar-refractivity contribution in [2.45, 2.75) is 26.3 Å². The minimum Gasteiger partial charge on any atom is -0.492 e. The predicted molar refractivity (Wildman–Crippen MR) is 134 cm³/mol. The highest BCUT2D eigenvalue weighted by Gasteiger charge is 2.10. The largest absolute Gasteiger partial charge is 0.492 e. The molecule has 3 N–H and O–H groups in total. The Labute approximate surface area is 196 Å². The van der Waals surface area contributed by atoms with Gasteiger partial charge in [0, 0.05) is 30.9 Å². The molecule has 0 spiro atoms. The van der Waals surface area contributed by atoms with Crippen molar-refractivity contribution in [3.8, 4) is 5.75 Å². The number of hydrogen-bond acceptors (Lipinski definition) is 4. The maximum atomic E-state index is 6.11. The van der Waals surface area contributed by atoms with Gasteiger partial charge in [0.2, 0.25) is 0 Å². The van der Waals surface area contributed by atoms with Crippen LogP contribution in [0.5, 0.6) is 5.75 Å². The maximum Gasteiger partial charge on any atom is 0.193 e. The number of nitrogens with zero attached hydrogens (tertiary/aromatic N) is 2. The van der Waals surface area contributed by atoms with Gasteiger partial charge in [0.15, 0.2) is 5.96 Å². The monoisotopic (exact) mass is 524 g/mol. The van der Waals surface area contributed by atoms with Crippen LogP contribution in [0.15, 0.2) is 53.5 Å². The maximum absolute atomic E-state index is 6.11. The van der Waals surface area contributed by atoms with Crippen LogP contribution in [0.25, 0.3) is 0 Å². The quantitative estimate of drug-likeness (QED) is 0.310. The molecule has 6 nitrogen and oxygen atoms in total. The van der Waals surface area contributed by atoms with Gasteiger partial charge in [-0.2, -0.15) is 0 Å². The van der Waals surface area contributed by atoms with E-state index in [1.807, 2.05) is 36.4 Å². The summed E-state index contributed by atoms with van der Waals surface area (Å²) in [6.07, 6.45) is 0. The van der Waals surface area contributed by atoms with Crippen molar-refractivity contribution in [1.82, 2.24) is 4.90 Å². The van der Waals surface area contributed by atoms with Gasteiger partial charge in [-0.25, -0.2) is 4.99 Å². The van der Waals surface area contributed by atoms with Crippen molar-refractivity contribution in [3.63, 3.8) is 0 Å². The lowest BCUT2D eigenvalue weighted by molar-refractivity contribution is 0.0322. The summed E-state index contributed by atoms with van der Waals surface area (Å²) < 4.78 is 11.4. The van der Waals surface area contributed by atoms with E-state index in [1.165, 1.54) is 5.56 Å². The normalized spacial score (nSPS) is 15.0. The second-order valence-electron chi connectivity index (χ2n) is 7.52. The van der Waals surface area contributed by atoms with E-state index >= 15 is 0 Å². The van der Waals surface area contributed by atoms with E-state index in [4.69, 9.17) is 15.2 Å². The SMILES string of the molecule is CC(C)c1cccc(NC(N)=NCc2ccccc2OCCN2CCOCC2)c1.I. The number of para-hydroxylation sites is 1. The first-order valence-electron chi connectivity index (χ1n) is 10.3. The molecule has 1 saturated heterocycles. The molecule has 1 fully saturated rings. The third-order valence-corrected chi connectivity index (χ3v) is 4.99. The molecule has 0 aromatic heterocycles. The zero-order valence-corrected chi connectivity index (χ0v) is 20.2. The van der Waals surface area contributed by atoms with Crippen molar-refractivity contribution in [2.24, 2.45) is 10.7 Å². The molecular weight excluding hydrogens is 491 g/mol. The van der Waals surface area contributed by atoms with Gasteiger partial charge in [-0.05, 0) is 29.7 Å². The van der Waals surface area contributed by atoms with E-state index in [0.29, 0.717) is 25.0 Å². The van der Waals surface area contributed by atoms with Crippen LogP contribution in [0.4, 0.5) is 5.69 Å². The van der Waals surface area contributed by atoms with Gasteiger partial charge in [0.05, 0.1) is 19.8 Å². The third kappa shape index (κ3) is 7.77. The van der Waals surface area contributed by atoms with Gasteiger partial charge in [-0.1, -0.05) is 44.2 Å². The minimum absolute atomic E-state index is 0. The number of nitrogens with one attached hydrogen (secondary N) is 1. The molecule has 1 heterocycles. The second-order valence-corrected chi connectivity index (χ2v) is 7.52. The van der Waals surface area contributed by atoms with E-state index in [9.17, 15) is 0 Å². The van der Waals surface area contributed by atoms with Crippen LogP contribution in [0.3, 0.4) is 0 Å². The summed E-state index contributed by atoms with van der Waals surface area (Å²) in [5.41, 5.74) is 9.35. The fraction of sp³-hybridized carbons (Fsp3) is 0.435. The van der Waals surface area contributed by atoms with Crippen molar-refractivity contribution >= 4 is 35.6 Å². The number of nitrogens with two attached hydrogens (primary N) is 1. The average molecular weight is 524 g/mol. The van der Waals surface area contributed by atoms with Crippen LogP contribution >= 0.6 is 24.0 Å².